The molecular weight excluding hydrogens is 228 g/mol. The first-order valence-electron chi connectivity index (χ1n) is 4.44. The molecule has 0 aliphatic rings. The van der Waals surface area contributed by atoms with Gasteiger partial charge in [-0.3, -0.25) is 0 Å². The average molecular weight is 237 g/mol. The van der Waals surface area contributed by atoms with Gasteiger partial charge in [-0.2, -0.15) is 0 Å². The predicted molar refractivity (Wildman–Crippen MR) is 67.4 cm³/mol. The summed E-state index contributed by atoms with van der Waals surface area (Å²) in [7, 11) is 0. The van der Waals surface area contributed by atoms with Gasteiger partial charge in [0.15, 0.2) is 0 Å². The van der Waals surface area contributed by atoms with Crippen LogP contribution in [0.5, 0.6) is 0 Å². The summed E-state index contributed by atoms with van der Waals surface area (Å²) in [4.78, 5) is 4.67. The van der Waals surface area contributed by atoms with Crippen molar-refractivity contribution in [3.05, 3.63) is 40.5 Å². The van der Waals surface area contributed by atoms with Gasteiger partial charge in [-0.05, 0) is 36.8 Å². The fourth-order valence-corrected chi connectivity index (χ4v) is 1.77. The highest BCUT2D eigenvalue weighted by molar-refractivity contribution is 7.80. The summed E-state index contributed by atoms with van der Waals surface area (Å²) >= 11 is 10.8. The van der Waals surface area contributed by atoms with Gasteiger partial charge in [0, 0.05) is 10.4 Å². The van der Waals surface area contributed by atoms with Gasteiger partial charge in [-0.1, -0.05) is 23.8 Å². The second kappa shape index (κ2) is 3.76. The maximum Gasteiger partial charge on any atom is 0.122 e. The van der Waals surface area contributed by atoms with Crippen molar-refractivity contribution in [3.63, 3.8) is 0 Å². The lowest BCUT2D eigenvalue weighted by Crippen LogP contribution is -2.11. The van der Waals surface area contributed by atoms with E-state index in [9.17, 15) is 0 Å². The minimum absolute atomic E-state index is 0.315. The van der Waals surface area contributed by atoms with Crippen LogP contribution >= 0.6 is 23.8 Å². The van der Waals surface area contributed by atoms with Crippen LogP contribution in [0.15, 0.2) is 24.3 Å². The van der Waals surface area contributed by atoms with Crippen LogP contribution in [0.4, 0.5) is 0 Å². The van der Waals surface area contributed by atoms with E-state index in [4.69, 9.17) is 29.6 Å². The Kier molecular flexibility index (Phi) is 2.59. The molecule has 0 bridgehead atoms. The molecule has 0 unspecified atom stereocenters. The molecule has 0 amide bonds. The molecule has 1 aromatic heterocycles. The molecule has 1 heterocycles. The molecule has 0 aliphatic carbocycles. The minimum Gasteiger partial charge on any atom is -0.388 e. The fourth-order valence-electron chi connectivity index (χ4n) is 1.49. The summed E-state index contributed by atoms with van der Waals surface area (Å²) in [6, 6.07) is 7.44. The van der Waals surface area contributed by atoms with Crippen LogP contribution in [0.3, 0.4) is 0 Å². The summed E-state index contributed by atoms with van der Waals surface area (Å²) in [5, 5.41) is 1.73. The molecule has 0 radical (unpaired) electrons. The van der Waals surface area contributed by atoms with Crippen molar-refractivity contribution < 1.29 is 0 Å². The zero-order valence-corrected chi connectivity index (χ0v) is 9.69. The number of nitrogens with two attached hydrogens (primary N) is 1. The van der Waals surface area contributed by atoms with Gasteiger partial charge >= 0.3 is 0 Å². The van der Waals surface area contributed by atoms with E-state index >= 15 is 0 Å². The van der Waals surface area contributed by atoms with Gasteiger partial charge in [-0.25, -0.2) is 4.98 Å². The van der Waals surface area contributed by atoms with Crippen LogP contribution in [0.1, 0.15) is 11.3 Å². The number of fused-ring (bicyclic) bond motifs is 1. The molecular formula is C11H9ClN2S. The Bertz CT molecular complexity index is 552. The van der Waals surface area contributed by atoms with Crippen molar-refractivity contribution in [2.75, 3.05) is 0 Å². The van der Waals surface area contributed by atoms with Crippen molar-refractivity contribution in [2.24, 2.45) is 5.73 Å². The minimum atomic E-state index is 0.315. The van der Waals surface area contributed by atoms with Crippen molar-refractivity contribution >= 4 is 39.7 Å². The van der Waals surface area contributed by atoms with Crippen LogP contribution in [-0.2, 0) is 0 Å². The quantitative estimate of drug-likeness (QED) is 0.774. The highest BCUT2D eigenvalue weighted by atomic mass is 35.5. The van der Waals surface area contributed by atoms with Crippen molar-refractivity contribution in [2.45, 2.75) is 6.92 Å². The van der Waals surface area contributed by atoms with E-state index in [1.807, 2.05) is 25.1 Å². The second-order valence-corrected chi connectivity index (χ2v) is 4.23. The maximum atomic E-state index is 5.91. The molecule has 1 aromatic carbocycles. The molecule has 76 valence electrons. The van der Waals surface area contributed by atoms with E-state index in [1.54, 1.807) is 6.07 Å². The van der Waals surface area contributed by atoms with Crippen LogP contribution in [-0.4, -0.2) is 9.97 Å². The number of nitrogens with zero attached hydrogens (tertiary/aromatic N) is 1. The number of pyridine rings is 1. The van der Waals surface area contributed by atoms with Gasteiger partial charge in [0.2, 0.25) is 0 Å². The molecule has 0 fully saturated rings. The first-order valence-corrected chi connectivity index (χ1v) is 5.23. The number of aromatic nitrogens is 1. The third kappa shape index (κ3) is 1.94. The number of benzene rings is 1. The normalized spacial score (nSPS) is 10.5. The summed E-state index contributed by atoms with van der Waals surface area (Å²) in [5.74, 6) is 0. The molecule has 0 atom stereocenters. The Balaban J connectivity index is 2.78. The third-order valence-electron chi connectivity index (χ3n) is 2.23. The van der Waals surface area contributed by atoms with E-state index in [1.165, 1.54) is 0 Å². The largest absolute Gasteiger partial charge is 0.388 e. The van der Waals surface area contributed by atoms with Crippen LogP contribution in [0.25, 0.3) is 10.9 Å². The van der Waals surface area contributed by atoms with E-state index in [0.717, 1.165) is 16.5 Å². The van der Waals surface area contributed by atoms with Crippen LogP contribution in [0, 0.1) is 6.92 Å². The van der Waals surface area contributed by atoms with E-state index in [0.29, 0.717) is 15.7 Å². The lowest BCUT2D eigenvalue weighted by molar-refractivity contribution is 1.33. The number of rotatable bonds is 1. The lowest BCUT2D eigenvalue weighted by atomic mass is 10.1. The molecule has 4 heteroatoms. The van der Waals surface area contributed by atoms with E-state index in [2.05, 4.69) is 4.98 Å². The Morgan fingerprint density at radius 1 is 1.40 bits per heavy atom. The van der Waals surface area contributed by atoms with Gasteiger partial charge in [0.05, 0.1) is 11.2 Å². The number of hydrogen-bond donors (Lipinski definition) is 1. The monoisotopic (exact) mass is 236 g/mol. The number of halogens is 1. The molecule has 0 saturated carbocycles. The highest BCUT2D eigenvalue weighted by Gasteiger charge is 2.04. The first-order chi connectivity index (χ1) is 7.08. The zero-order valence-electron chi connectivity index (χ0n) is 8.12. The standard InChI is InChI=1S/C11H9ClN2S/c1-6-4-10(11(13)15)14-9-3-2-7(12)5-8(6)9/h2-5H,1H3,(H2,13,15). The van der Waals surface area contributed by atoms with Gasteiger partial charge in [-0.15, -0.1) is 0 Å². The topological polar surface area (TPSA) is 38.9 Å². The fraction of sp³-hybridized carbons (Fsp3) is 0.0909. The van der Waals surface area contributed by atoms with Crippen LogP contribution in [0.2, 0.25) is 5.02 Å². The van der Waals surface area contributed by atoms with E-state index in [-0.39, 0.29) is 0 Å². The average Bonchev–Trinajstić information content (AvgIpc) is 2.18. The summed E-state index contributed by atoms with van der Waals surface area (Å²) in [5.41, 5.74) is 8.13. The third-order valence-corrected chi connectivity index (χ3v) is 2.67. The number of aryl methyl sites for hydroxylation is 1. The Labute approximate surface area is 98.1 Å². The number of thiocarbonyl (C=S) groups is 1. The SMILES string of the molecule is Cc1cc(C(N)=S)nc2ccc(Cl)cc12. The molecule has 0 saturated heterocycles. The molecule has 2 N–H and O–H groups in total. The summed E-state index contributed by atoms with van der Waals surface area (Å²) < 4.78 is 0. The maximum absolute atomic E-state index is 5.91. The van der Waals surface area contributed by atoms with Gasteiger partial charge < -0.3 is 5.73 Å². The van der Waals surface area contributed by atoms with Crippen molar-refractivity contribution in [3.8, 4) is 0 Å². The van der Waals surface area contributed by atoms with Crippen molar-refractivity contribution in [1.82, 2.24) is 4.98 Å². The van der Waals surface area contributed by atoms with Gasteiger partial charge in [0.1, 0.15) is 4.99 Å². The smallest absolute Gasteiger partial charge is 0.122 e. The highest BCUT2D eigenvalue weighted by Crippen LogP contribution is 2.21. The Morgan fingerprint density at radius 2 is 2.13 bits per heavy atom. The Morgan fingerprint density at radius 3 is 2.80 bits per heavy atom. The van der Waals surface area contributed by atoms with Gasteiger partial charge in [0.25, 0.3) is 0 Å². The lowest BCUT2D eigenvalue weighted by Gasteiger charge is -2.05. The molecule has 0 aliphatic heterocycles. The molecule has 2 rings (SSSR count). The first kappa shape index (κ1) is 10.3. The van der Waals surface area contributed by atoms with Crippen LogP contribution < -0.4 is 5.73 Å². The second-order valence-electron chi connectivity index (χ2n) is 3.35. The molecule has 0 spiro atoms. The molecule has 2 aromatic rings. The molecule has 2 nitrogen and oxygen atoms in total. The van der Waals surface area contributed by atoms with E-state index < -0.39 is 0 Å². The zero-order chi connectivity index (χ0) is 11.0. The predicted octanol–water partition coefficient (Wildman–Crippen LogP) is 2.83. The summed E-state index contributed by atoms with van der Waals surface area (Å²) in [6.45, 7) is 1.99. The summed E-state index contributed by atoms with van der Waals surface area (Å²) in [6.07, 6.45) is 0. The Hall–Kier alpha value is -1.19. The van der Waals surface area contributed by atoms with Crippen molar-refractivity contribution in [1.29, 1.82) is 0 Å². The molecule has 15 heavy (non-hydrogen) atoms. The number of hydrogen-bond acceptors (Lipinski definition) is 2.